The van der Waals surface area contributed by atoms with Gasteiger partial charge in [0.25, 0.3) is 0 Å². The third-order valence-electron chi connectivity index (χ3n) is 3.56. The molecule has 0 unspecified atom stereocenters. The molecule has 0 fully saturated rings. The van der Waals surface area contributed by atoms with Crippen LogP contribution < -0.4 is 4.57 Å². The molecule has 0 radical (unpaired) electrons. The number of aryl methyl sites for hydroxylation is 2. The lowest BCUT2D eigenvalue weighted by Crippen LogP contribution is -2.30. The third-order valence-corrected chi connectivity index (χ3v) is 3.56. The Bertz CT molecular complexity index is 733. The van der Waals surface area contributed by atoms with Crippen molar-refractivity contribution >= 4 is 0 Å². The molecule has 2 nitrogen and oxygen atoms in total. The van der Waals surface area contributed by atoms with E-state index >= 15 is 0 Å². The van der Waals surface area contributed by atoms with Gasteiger partial charge in [-0.05, 0) is 30.2 Å². The summed E-state index contributed by atoms with van der Waals surface area (Å²) in [5, 5.41) is 0. The van der Waals surface area contributed by atoms with Crippen LogP contribution in [0.3, 0.4) is 0 Å². The molecule has 0 saturated carbocycles. The van der Waals surface area contributed by atoms with E-state index in [1.807, 2.05) is 24.5 Å². The average molecular weight is 261 g/mol. The first-order valence-electron chi connectivity index (χ1n) is 6.72. The van der Waals surface area contributed by atoms with Crippen LogP contribution in [-0.4, -0.2) is 4.98 Å². The SMILES string of the molecule is Cc1cccc(-c2cccnc2)c1-c1cccc[n+]1C. The van der Waals surface area contributed by atoms with Crippen molar-refractivity contribution < 1.29 is 4.57 Å². The molecule has 1 aromatic carbocycles. The molecule has 2 heteroatoms. The zero-order chi connectivity index (χ0) is 13.9. The first kappa shape index (κ1) is 12.5. The Kier molecular flexibility index (Phi) is 3.30. The number of benzene rings is 1. The van der Waals surface area contributed by atoms with Crippen LogP contribution in [0.5, 0.6) is 0 Å². The predicted octanol–water partition coefficient (Wildman–Crippen LogP) is 3.55. The van der Waals surface area contributed by atoms with Gasteiger partial charge in [-0.1, -0.05) is 24.3 Å². The van der Waals surface area contributed by atoms with E-state index in [1.54, 1.807) is 0 Å². The van der Waals surface area contributed by atoms with Crippen molar-refractivity contribution in [2.75, 3.05) is 0 Å². The summed E-state index contributed by atoms with van der Waals surface area (Å²) >= 11 is 0. The quantitative estimate of drug-likeness (QED) is 0.645. The maximum Gasteiger partial charge on any atom is 0.213 e. The summed E-state index contributed by atoms with van der Waals surface area (Å²) in [5.74, 6) is 0. The zero-order valence-electron chi connectivity index (χ0n) is 11.7. The van der Waals surface area contributed by atoms with E-state index < -0.39 is 0 Å². The van der Waals surface area contributed by atoms with Gasteiger partial charge < -0.3 is 0 Å². The minimum atomic E-state index is 1.15. The number of nitrogens with zero attached hydrogens (tertiary/aromatic N) is 2. The smallest absolute Gasteiger partial charge is 0.213 e. The third kappa shape index (κ3) is 2.21. The van der Waals surface area contributed by atoms with Gasteiger partial charge in [-0.25, -0.2) is 4.57 Å². The van der Waals surface area contributed by atoms with Gasteiger partial charge in [0.05, 0.1) is 5.56 Å². The van der Waals surface area contributed by atoms with Gasteiger partial charge in [0.2, 0.25) is 5.69 Å². The summed E-state index contributed by atoms with van der Waals surface area (Å²) in [4.78, 5) is 4.24. The number of rotatable bonds is 2. The van der Waals surface area contributed by atoms with E-state index in [-0.39, 0.29) is 0 Å². The van der Waals surface area contributed by atoms with Gasteiger partial charge in [-0.15, -0.1) is 0 Å². The molecule has 2 aromatic heterocycles. The molecule has 0 aliphatic carbocycles. The molecule has 0 aliphatic rings. The van der Waals surface area contributed by atoms with Crippen molar-refractivity contribution in [3.05, 3.63) is 72.7 Å². The van der Waals surface area contributed by atoms with Crippen LogP contribution in [0, 0.1) is 6.92 Å². The van der Waals surface area contributed by atoms with E-state index in [9.17, 15) is 0 Å². The molecule has 2 heterocycles. The zero-order valence-corrected chi connectivity index (χ0v) is 11.7. The fourth-order valence-electron chi connectivity index (χ4n) is 2.55. The summed E-state index contributed by atoms with van der Waals surface area (Å²) in [6, 6.07) is 16.8. The van der Waals surface area contributed by atoms with Gasteiger partial charge in [-0.3, -0.25) is 4.98 Å². The maximum absolute atomic E-state index is 4.24. The van der Waals surface area contributed by atoms with Crippen molar-refractivity contribution in [1.82, 2.24) is 4.98 Å². The Morgan fingerprint density at radius 3 is 2.60 bits per heavy atom. The number of pyridine rings is 2. The number of aromatic nitrogens is 2. The summed E-state index contributed by atoms with van der Waals surface area (Å²) in [5.41, 5.74) is 6.12. The van der Waals surface area contributed by atoms with Gasteiger partial charge in [-0.2, -0.15) is 0 Å². The van der Waals surface area contributed by atoms with Crippen LogP contribution in [0.25, 0.3) is 22.4 Å². The van der Waals surface area contributed by atoms with Gasteiger partial charge >= 0.3 is 0 Å². The Balaban J connectivity index is 2.29. The fraction of sp³-hybridized carbons (Fsp3) is 0.111. The van der Waals surface area contributed by atoms with Gasteiger partial charge in [0.15, 0.2) is 6.20 Å². The van der Waals surface area contributed by atoms with Crippen LogP contribution in [-0.2, 0) is 7.05 Å². The van der Waals surface area contributed by atoms with Crippen LogP contribution >= 0.6 is 0 Å². The van der Waals surface area contributed by atoms with E-state index in [1.165, 1.54) is 22.4 Å². The summed E-state index contributed by atoms with van der Waals surface area (Å²) in [6.45, 7) is 2.15. The molecule has 0 N–H and O–H groups in total. The Morgan fingerprint density at radius 1 is 0.950 bits per heavy atom. The van der Waals surface area contributed by atoms with E-state index in [2.05, 4.69) is 66.1 Å². The highest BCUT2D eigenvalue weighted by Gasteiger charge is 2.16. The standard InChI is InChI=1S/C18H17N2/c1-14-7-5-9-16(15-8-6-11-19-13-15)18(14)17-10-3-4-12-20(17)2/h3-13H,1-2H3/q+1. The van der Waals surface area contributed by atoms with Crippen LogP contribution in [0.1, 0.15) is 5.56 Å². The second-order valence-corrected chi connectivity index (χ2v) is 4.94. The minimum absolute atomic E-state index is 1.15. The van der Waals surface area contributed by atoms with Gasteiger partial charge in [0, 0.05) is 30.1 Å². The molecule has 98 valence electrons. The number of hydrogen-bond acceptors (Lipinski definition) is 1. The minimum Gasteiger partial charge on any atom is -0.264 e. The van der Waals surface area contributed by atoms with Crippen molar-refractivity contribution in [2.45, 2.75) is 6.92 Å². The highest BCUT2D eigenvalue weighted by molar-refractivity contribution is 5.82. The molecule has 3 aromatic rings. The molecule has 0 bridgehead atoms. The molecule has 3 rings (SSSR count). The highest BCUT2D eigenvalue weighted by Crippen LogP contribution is 2.32. The molecule has 0 atom stereocenters. The molecule has 0 saturated heterocycles. The average Bonchev–Trinajstić information content (AvgIpc) is 2.49. The summed E-state index contributed by atoms with van der Waals surface area (Å²) < 4.78 is 2.15. The van der Waals surface area contributed by atoms with Crippen LogP contribution in [0.4, 0.5) is 0 Å². The maximum atomic E-state index is 4.24. The molecule has 0 amide bonds. The van der Waals surface area contributed by atoms with E-state index in [4.69, 9.17) is 0 Å². The molecule has 20 heavy (non-hydrogen) atoms. The lowest BCUT2D eigenvalue weighted by atomic mass is 9.94. The Morgan fingerprint density at radius 2 is 1.85 bits per heavy atom. The van der Waals surface area contributed by atoms with Crippen molar-refractivity contribution in [2.24, 2.45) is 7.05 Å². The van der Waals surface area contributed by atoms with Crippen molar-refractivity contribution in [3.63, 3.8) is 0 Å². The lowest BCUT2D eigenvalue weighted by Gasteiger charge is -2.11. The number of hydrogen-bond donors (Lipinski definition) is 0. The monoisotopic (exact) mass is 261 g/mol. The van der Waals surface area contributed by atoms with E-state index in [0.29, 0.717) is 0 Å². The predicted molar refractivity (Wildman–Crippen MR) is 81.0 cm³/mol. The van der Waals surface area contributed by atoms with Crippen LogP contribution in [0.2, 0.25) is 0 Å². The molecular formula is C18H17N2+. The molecular weight excluding hydrogens is 244 g/mol. The second kappa shape index (κ2) is 5.25. The molecule has 0 spiro atoms. The summed E-state index contributed by atoms with van der Waals surface area (Å²) in [7, 11) is 2.08. The first-order chi connectivity index (χ1) is 9.77. The Labute approximate surface area is 119 Å². The topological polar surface area (TPSA) is 16.8 Å². The largest absolute Gasteiger partial charge is 0.264 e. The first-order valence-corrected chi connectivity index (χ1v) is 6.72. The Hall–Kier alpha value is -2.48. The van der Waals surface area contributed by atoms with Crippen molar-refractivity contribution in [3.8, 4) is 22.4 Å². The van der Waals surface area contributed by atoms with Gasteiger partial charge in [0.1, 0.15) is 7.05 Å². The van der Waals surface area contributed by atoms with E-state index in [0.717, 1.165) is 5.56 Å². The normalized spacial score (nSPS) is 10.5. The fourth-order valence-corrected chi connectivity index (χ4v) is 2.55. The molecule has 0 aliphatic heterocycles. The highest BCUT2D eigenvalue weighted by atomic mass is 14.9. The van der Waals surface area contributed by atoms with Crippen LogP contribution in [0.15, 0.2) is 67.1 Å². The summed E-state index contributed by atoms with van der Waals surface area (Å²) in [6.07, 6.45) is 5.80. The second-order valence-electron chi connectivity index (χ2n) is 4.94. The lowest BCUT2D eigenvalue weighted by molar-refractivity contribution is -0.660. The van der Waals surface area contributed by atoms with Crippen molar-refractivity contribution in [1.29, 1.82) is 0 Å².